The molecule has 0 saturated heterocycles. The molecule has 2 unspecified atom stereocenters. The van der Waals surface area contributed by atoms with E-state index in [9.17, 15) is 9.90 Å². The van der Waals surface area contributed by atoms with Gasteiger partial charge in [-0.05, 0) is 46.1 Å². The minimum Gasteiger partial charge on any atom is -0.481 e. The van der Waals surface area contributed by atoms with Crippen molar-refractivity contribution in [3.63, 3.8) is 0 Å². The first kappa shape index (κ1) is 17.8. The molecule has 0 fully saturated rings. The van der Waals surface area contributed by atoms with Crippen molar-refractivity contribution in [3.8, 4) is 5.75 Å². The maximum absolute atomic E-state index is 12.0. The predicted octanol–water partition coefficient (Wildman–Crippen LogP) is 1.54. The third-order valence-electron chi connectivity index (χ3n) is 2.78. The van der Waals surface area contributed by atoms with Gasteiger partial charge in [0, 0.05) is 18.1 Å². The Hall–Kier alpha value is -1.30. The summed E-state index contributed by atoms with van der Waals surface area (Å²) in [7, 11) is 3.72. The molecule has 5 nitrogen and oxygen atoms in total. The summed E-state index contributed by atoms with van der Waals surface area (Å²) in [5, 5.41) is 13.4. The topological polar surface area (TPSA) is 61.8 Å². The van der Waals surface area contributed by atoms with E-state index in [1.807, 2.05) is 19.0 Å². The highest BCUT2D eigenvalue weighted by Gasteiger charge is 2.24. The van der Waals surface area contributed by atoms with Crippen LogP contribution in [0, 0.1) is 0 Å². The summed E-state index contributed by atoms with van der Waals surface area (Å²) in [5.41, 5.74) is -0.991. The van der Waals surface area contributed by atoms with Gasteiger partial charge in [0.15, 0.2) is 6.10 Å². The van der Waals surface area contributed by atoms with Gasteiger partial charge in [0.1, 0.15) is 5.75 Å². The third kappa shape index (κ3) is 6.80. The minimum absolute atomic E-state index is 0.160. The van der Waals surface area contributed by atoms with Gasteiger partial charge < -0.3 is 20.1 Å². The van der Waals surface area contributed by atoms with E-state index in [1.165, 1.54) is 0 Å². The Morgan fingerprint density at radius 3 is 2.76 bits per heavy atom. The van der Waals surface area contributed by atoms with E-state index >= 15 is 0 Å². The highest BCUT2D eigenvalue weighted by Crippen LogP contribution is 2.18. The number of carbonyl (C=O) groups is 1. The van der Waals surface area contributed by atoms with Crippen LogP contribution in [-0.2, 0) is 4.79 Å². The quantitative estimate of drug-likeness (QED) is 0.801. The van der Waals surface area contributed by atoms with Crippen molar-refractivity contribution in [3.05, 3.63) is 29.3 Å². The van der Waals surface area contributed by atoms with Crippen molar-refractivity contribution < 1.29 is 14.6 Å². The number of amides is 1. The van der Waals surface area contributed by atoms with Gasteiger partial charge in [-0.3, -0.25) is 4.79 Å². The summed E-state index contributed by atoms with van der Waals surface area (Å²) >= 11 is 5.86. The molecule has 0 radical (unpaired) electrons. The van der Waals surface area contributed by atoms with Gasteiger partial charge in [0.2, 0.25) is 0 Å². The van der Waals surface area contributed by atoms with Crippen molar-refractivity contribution in [1.82, 2.24) is 10.2 Å². The molecule has 6 heteroatoms. The van der Waals surface area contributed by atoms with Crippen LogP contribution in [-0.4, -0.2) is 54.8 Å². The van der Waals surface area contributed by atoms with Crippen LogP contribution in [0.25, 0.3) is 0 Å². The minimum atomic E-state index is -0.991. The Bertz CT molecular complexity index is 478. The van der Waals surface area contributed by atoms with Crippen LogP contribution in [0.4, 0.5) is 0 Å². The molecule has 1 aromatic carbocycles. The molecule has 118 valence electrons. The highest BCUT2D eigenvalue weighted by atomic mass is 35.5. The van der Waals surface area contributed by atoms with Crippen LogP contribution >= 0.6 is 11.6 Å². The van der Waals surface area contributed by atoms with Crippen LogP contribution in [0.3, 0.4) is 0 Å². The Kier molecular flexibility index (Phi) is 6.45. The van der Waals surface area contributed by atoms with E-state index in [0.717, 1.165) is 0 Å². The molecule has 1 rings (SSSR count). The van der Waals surface area contributed by atoms with Gasteiger partial charge in [0.05, 0.1) is 5.60 Å². The van der Waals surface area contributed by atoms with Gasteiger partial charge in [-0.25, -0.2) is 0 Å². The number of hydrogen-bond donors (Lipinski definition) is 2. The van der Waals surface area contributed by atoms with Crippen molar-refractivity contribution in [2.75, 3.05) is 27.2 Å². The molecule has 0 aliphatic rings. The SMILES string of the molecule is CC(Oc1cccc(Cl)c1)C(=O)NCC(C)(O)CN(C)C. The number of halogens is 1. The lowest BCUT2D eigenvalue weighted by Gasteiger charge is -2.27. The van der Waals surface area contributed by atoms with Crippen LogP contribution in [0.5, 0.6) is 5.75 Å². The first-order valence-electron chi connectivity index (χ1n) is 6.77. The van der Waals surface area contributed by atoms with Crippen molar-refractivity contribution in [2.24, 2.45) is 0 Å². The zero-order valence-electron chi connectivity index (χ0n) is 12.9. The molecule has 2 N–H and O–H groups in total. The summed E-state index contributed by atoms with van der Waals surface area (Å²) in [6.45, 7) is 3.94. The Labute approximate surface area is 130 Å². The molecule has 0 aliphatic carbocycles. The molecule has 0 bridgehead atoms. The number of aliphatic hydroxyl groups is 1. The lowest BCUT2D eigenvalue weighted by molar-refractivity contribution is -0.128. The number of carbonyl (C=O) groups excluding carboxylic acids is 1. The van der Waals surface area contributed by atoms with E-state index in [-0.39, 0.29) is 12.5 Å². The normalized spacial score (nSPS) is 15.4. The van der Waals surface area contributed by atoms with E-state index < -0.39 is 11.7 Å². The van der Waals surface area contributed by atoms with Gasteiger partial charge in [-0.2, -0.15) is 0 Å². The largest absolute Gasteiger partial charge is 0.481 e. The van der Waals surface area contributed by atoms with Crippen LogP contribution in [0.2, 0.25) is 5.02 Å². The lowest BCUT2D eigenvalue weighted by atomic mass is 10.1. The number of likely N-dealkylation sites (N-methyl/N-ethyl adjacent to an activating group) is 1. The maximum Gasteiger partial charge on any atom is 0.260 e. The molecule has 21 heavy (non-hydrogen) atoms. The number of nitrogens with zero attached hydrogens (tertiary/aromatic N) is 1. The van der Waals surface area contributed by atoms with E-state index in [2.05, 4.69) is 5.32 Å². The van der Waals surface area contributed by atoms with E-state index in [1.54, 1.807) is 38.1 Å². The molecule has 0 spiro atoms. The average molecular weight is 315 g/mol. The second kappa shape index (κ2) is 7.64. The maximum atomic E-state index is 12.0. The van der Waals surface area contributed by atoms with Crippen molar-refractivity contribution in [2.45, 2.75) is 25.6 Å². The lowest BCUT2D eigenvalue weighted by Crippen LogP contribution is -2.49. The molecule has 1 amide bonds. The summed E-state index contributed by atoms with van der Waals surface area (Å²) < 4.78 is 5.51. The van der Waals surface area contributed by atoms with Crippen molar-refractivity contribution in [1.29, 1.82) is 0 Å². The number of rotatable bonds is 7. The van der Waals surface area contributed by atoms with Crippen LogP contribution < -0.4 is 10.1 Å². The average Bonchev–Trinajstić information content (AvgIpc) is 2.34. The summed E-state index contributed by atoms with van der Waals surface area (Å²) in [6, 6.07) is 6.87. The fourth-order valence-corrected chi connectivity index (χ4v) is 2.14. The summed E-state index contributed by atoms with van der Waals surface area (Å²) in [6.07, 6.45) is -0.668. The first-order chi connectivity index (χ1) is 9.69. The molecule has 2 atom stereocenters. The van der Waals surface area contributed by atoms with Gasteiger partial charge in [0.25, 0.3) is 5.91 Å². The zero-order chi connectivity index (χ0) is 16.0. The molecular formula is C15H23ClN2O3. The first-order valence-corrected chi connectivity index (χ1v) is 7.14. The number of ether oxygens (including phenoxy) is 1. The Morgan fingerprint density at radius 2 is 2.19 bits per heavy atom. The Balaban J connectivity index is 2.48. The Morgan fingerprint density at radius 1 is 1.52 bits per heavy atom. The van der Waals surface area contributed by atoms with E-state index in [4.69, 9.17) is 16.3 Å². The van der Waals surface area contributed by atoms with Gasteiger partial charge in [-0.15, -0.1) is 0 Å². The molecule has 1 aromatic rings. The van der Waals surface area contributed by atoms with Gasteiger partial charge >= 0.3 is 0 Å². The zero-order valence-corrected chi connectivity index (χ0v) is 13.6. The number of hydrogen-bond acceptors (Lipinski definition) is 4. The van der Waals surface area contributed by atoms with E-state index in [0.29, 0.717) is 17.3 Å². The third-order valence-corrected chi connectivity index (χ3v) is 3.01. The highest BCUT2D eigenvalue weighted by molar-refractivity contribution is 6.30. The second-order valence-electron chi connectivity index (χ2n) is 5.67. The monoisotopic (exact) mass is 314 g/mol. The predicted molar refractivity (Wildman–Crippen MR) is 83.7 cm³/mol. The fraction of sp³-hybridized carbons (Fsp3) is 0.533. The second-order valence-corrected chi connectivity index (χ2v) is 6.11. The molecule has 0 aliphatic heterocycles. The van der Waals surface area contributed by atoms with Crippen LogP contribution in [0.1, 0.15) is 13.8 Å². The molecule has 0 saturated carbocycles. The number of nitrogens with one attached hydrogen (secondary N) is 1. The molecule has 0 heterocycles. The molecular weight excluding hydrogens is 292 g/mol. The van der Waals surface area contributed by atoms with Gasteiger partial charge in [-0.1, -0.05) is 17.7 Å². The fourth-order valence-electron chi connectivity index (χ4n) is 1.96. The summed E-state index contributed by atoms with van der Waals surface area (Å²) in [5.74, 6) is 0.249. The molecule has 0 aromatic heterocycles. The summed E-state index contributed by atoms with van der Waals surface area (Å²) in [4.78, 5) is 13.8. The standard InChI is InChI=1S/C15H23ClN2O3/c1-11(21-13-7-5-6-12(16)8-13)14(19)17-9-15(2,20)10-18(3)4/h5-8,11,20H,9-10H2,1-4H3,(H,17,19). The smallest absolute Gasteiger partial charge is 0.260 e. The number of benzene rings is 1. The van der Waals surface area contributed by atoms with Crippen LogP contribution in [0.15, 0.2) is 24.3 Å². The van der Waals surface area contributed by atoms with Crippen molar-refractivity contribution >= 4 is 17.5 Å².